The molecule has 0 aliphatic heterocycles. The molecule has 0 saturated carbocycles. The van der Waals surface area contributed by atoms with Crippen LogP contribution in [0.1, 0.15) is 19.4 Å². The van der Waals surface area contributed by atoms with Crippen LogP contribution in [-0.4, -0.2) is 23.1 Å². The van der Waals surface area contributed by atoms with E-state index in [4.69, 9.17) is 5.26 Å². The zero-order chi connectivity index (χ0) is 14.4. The smallest absolute Gasteiger partial charge is 0.275 e. The molecule has 0 aliphatic rings. The number of benzene rings is 1. The molecule has 0 aliphatic carbocycles. The van der Waals surface area contributed by atoms with E-state index in [9.17, 15) is 15.2 Å². The summed E-state index contributed by atoms with van der Waals surface area (Å²) in [4.78, 5) is 12.2. The quantitative estimate of drug-likeness (QED) is 0.626. The Balaban J connectivity index is 3.06. The second kappa shape index (κ2) is 6.71. The number of nitrogens with zero attached hydrogens (tertiary/aromatic N) is 3. The van der Waals surface area contributed by atoms with Crippen molar-refractivity contribution in [2.75, 3.05) is 18.0 Å². The van der Waals surface area contributed by atoms with E-state index < -0.39 is 4.92 Å². The fourth-order valence-electron chi connectivity index (χ4n) is 1.86. The Hall–Kier alpha value is -2.13. The fourth-order valence-corrected chi connectivity index (χ4v) is 1.86. The van der Waals surface area contributed by atoms with Crippen LogP contribution in [0.3, 0.4) is 0 Å². The van der Waals surface area contributed by atoms with Crippen LogP contribution in [0.15, 0.2) is 18.2 Å². The van der Waals surface area contributed by atoms with Crippen LogP contribution >= 0.6 is 0 Å². The lowest BCUT2D eigenvalue weighted by molar-refractivity contribution is -0.385. The number of nitro benzene ring substituents is 1. The molecule has 1 aromatic rings. The number of aliphatic hydroxyl groups is 1. The Bertz CT molecular complexity index is 496. The molecule has 0 fully saturated rings. The van der Waals surface area contributed by atoms with Crippen LogP contribution in [0.25, 0.3) is 0 Å². The van der Waals surface area contributed by atoms with Crippen LogP contribution in [0, 0.1) is 27.4 Å². The minimum Gasteiger partial charge on any atom is -0.391 e. The summed E-state index contributed by atoms with van der Waals surface area (Å²) in [5.74, 6) is -0.132. The summed E-state index contributed by atoms with van der Waals surface area (Å²) in [6.45, 7) is 4.63. The third-order valence-corrected chi connectivity index (χ3v) is 2.89. The van der Waals surface area contributed by atoms with Gasteiger partial charge in [-0.2, -0.15) is 5.26 Å². The van der Waals surface area contributed by atoms with Gasteiger partial charge in [-0.05, 0) is 26.0 Å². The first kappa shape index (κ1) is 14.9. The largest absolute Gasteiger partial charge is 0.391 e. The van der Waals surface area contributed by atoms with Crippen molar-refractivity contribution in [2.24, 2.45) is 5.92 Å². The van der Waals surface area contributed by atoms with E-state index in [-0.39, 0.29) is 23.8 Å². The third kappa shape index (κ3) is 3.66. The van der Waals surface area contributed by atoms with Crippen molar-refractivity contribution < 1.29 is 10.0 Å². The Morgan fingerprint density at radius 1 is 1.58 bits per heavy atom. The number of hydrogen-bond acceptors (Lipinski definition) is 5. The molecule has 1 aromatic carbocycles. The number of hydrogen-bond donors (Lipinski definition) is 1. The van der Waals surface area contributed by atoms with Gasteiger partial charge in [0.15, 0.2) is 0 Å². The standard InChI is InChI=1S/C13H17N3O3/c1-3-15(8-10(2)7-14)12-4-5-13(16(18)19)11(6-12)9-17/h4-6,10,17H,3,8-9H2,1-2H3. The highest BCUT2D eigenvalue weighted by atomic mass is 16.6. The SMILES string of the molecule is CCN(CC(C)C#N)c1ccc([N+](=O)[O-])c(CO)c1. The van der Waals surface area contributed by atoms with E-state index in [0.29, 0.717) is 13.1 Å². The normalized spacial score (nSPS) is 11.7. The van der Waals surface area contributed by atoms with Gasteiger partial charge in [0, 0.05) is 24.8 Å². The monoisotopic (exact) mass is 263 g/mol. The van der Waals surface area contributed by atoms with E-state index in [1.807, 2.05) is 18.7 Å². The molecule has 0 amide bonds. The molecule has 0 bridgehead atoms. The number of aliphatic hydroxyl groups excluding tert-OH is 1. The van der Waals surface area contributed by atoms with Crippen molar-refractivity contribution >= 4 is 11.4 Å². The lowest BCUT2D eigenvalue weighted by Gasteiger charge is -2.24. The van der Waals surface area contributed by atoms with Crippen LogP contribution in [0.2, 0.25) is 0 Å². The third-order valence-electron chi connectivity index (χ3n) is 2.89. The molecule has 102 valence electrons. The van der Waals surface area contributed by atoms with E-state index in [2.05, 4.69) is 6.07 Å². The van der Waals surface area contributed by atoms with Gasteiger partial charge in [0.05, 0.1) is 29.1 Å². The van der Waals surface area contributed by atoms with Gasteiger partial charge in [0.1, 0.15) is 0 Å². The minimum absolute atomic E-state index is 0.0874. The molecule has 0 aromatic heterocycles. The van der Waals surface area contributed by atoms with E-state index in [1.54, 1.807) is 12.1 Å². The van der Waals surface area contributed by atoms with Gasteiger partial charge in [0.25, 0.3) is 5.69 Å². The van der Waals surface area contributed by atoms with Crippen molar-refractivity contribution in [3.8, 4) is 6.07 Å². The molecule has 1 atom stereocenters. The maximum atomic E-state index is 10.8. The molecular formula is C13H17N3O3. The molecule has 0 saturated heterocycles. The van der Waals surface area contributed by atoms with E-state index >= 15 is 0 Å². The average Bonchev–Trinajstić information content (AvgIpc) is 2.43. The van der Waals surface area contributed by atoms with Crippen LogP contribution in [-0.2, 0) is 6.61 Å². The molecule has 19 heavy (non-hydrogen) atoms. The van der Waals surface area contributed by atoms with Gasteiger partial charge in [-0.15, -0.1) is 0 Å². The summed E-state index contributed by atoms with van der Waals surface area (Å²) in [5.41, 5.74) is 0.973. The second-order valence-electron chi connectivity index (χ2n) is 4.30. The highest BCUT2D eigenvalue weighted by molar-refractivity contribution is 5.55. The Morgan fingerprint density at radius 2 is 2.26 bits per heavy atom. The molecular weight excluding hydrogens is 246 g/mol. The summed E-state index contributed by atoms with van der Waals surface area (Å²) in [6.07, 6.45) is 0. The van der Waals surface area contributed by atoms with E-state index in [1.165, 1.54) is 6.07 Å². The Labute approximate surface area is 112 Å². The minimum atomic E-state index is -0.510. The van der Waals surface area contributed by atoms with Gasteiger partial charge < -0.3 is 10.0 Å². The highest BCUT2D eigenvalue weighted by Gasteiger charge is 2.16. The fraction of sp³-hybridized carbons (Fsp3) is 0.462. The van der Waals surface area contributed by atoms with E-state index in [0.717, 1.165) is 5.69 Å². The maximum Gasteiger partial charge on any atom is 0.275 e. The molecule has 0 spiro atoms. The average molecular weight is 263 g/mol. The van der Waals surface area contributed by atoms with Crippen molar-refractivity contribution in [3.63, 3.8) is 0 Å². The second-order valence-corrected chi connectivity index (χ2v) is 4.30. The number of rotatable bonds is 6. The summed E-state index contributed by atoms with van der Waals surface area (Å²) in [7, 11) is 0. The Morgan fingerprint density at radius 3 is 2.74 bits per heavy atom. The zero-order valence-electron chi connectivity index (χ0n) is 11.0. The van der Waals surface area contributed by atoms with Gasteiger partial charge in [-0.25, -0.2) is 0 Å². The predicted octanol–water partition coefficient (Wildman–Crippen LogP) is 2.07. The lowest BCUT2D eigenvalue weighted by Crippen LogP contribution is -2.27. The molecule has 0 radical (unpaired) electrons. The van der Waals surface area contributed by atoms with Crippen molar-refractivity contribution in [2.45, 2.75) is 20.5 Å². The maximum absolute atomic E-state index is 10.8. The van der Waals surface area contributed by atoms with Gasteiger partial charge in [-0.3, -0.25) is 10.1 Å². The van der Waals surface area contributed by atoms with Crippen molar-refractivity contribution in [1.29, 1.82) is 5.26 Å². The number of nitriles is 1. The first-order chi connectivity index (χ1) is 9.03. The lowest BCUT2D eigenvalue weighted by atomic mass is 10.1. The molecule has 1 N–H and O–H groups in total. The number of anilines is 1. The van der Waals surface area contributed by atoms with Crippen molar-refractivity contribution in [1.82, 2.24) is 0 Å². The first-order valence-electron chi connectivity index (χ1n) is 6.06. The van der Waals surface area contributed by atoms with Gasteiger partial charge in [0.2, 0.25) is 0 Å². The summed E-state index contributed by atoms with van der Waals surface area (Å²) in [5, 5.41) is 28.8. The van der Waals surface area contributed by atoms with Crippen LogP contribution in [0.4, 0.5) is 11.4 Å². The van der Waals surface area contributed by atoms with Gasteiger partial charge in [-0.1, -0.05) is 0 Å². The van der Waals surface area contributed by atoms with Crippen LogP contribution in [0.5, 0.6) is 0 Å². The van der Waals surface area contributed by atoms with Gasteiger partial charge >= 0.3 is 0 Å². The van der Waals surface area contributed by atoms with Crippen LogP contribution < -0.4 is 4.90 Å². The summed E-state index contributed by atoms with van der Waals surface area (Å²) in [6, 6.07) is 6.79. The summed E-state index contributed by atoms with van der Waals surface area (Å²) >= 11 is 0. The molecule has 6 heteroatoms. The first-order valence-corrected chi connectivity index (χ1v) is 6.06. The zero-order valence-corrected chi connectivity index (χ0v) is 11.0. The molecule has 1 rings (SSSR count). The van der Waals surface area contributed by atoms with Crippen molar-refractivity contribution in [3.05, 3.63) is 33.9 Å². The highest BCUT2D eigenvalue weighted by Crippen LogP contribution is 2.25. The predicted molar refractivity (Wildman–Crippen MR) is 71.7 cm³/mol. The molecule has 6 nitrogen and oxygen atoms in total. The number of nitro groups is 1. The summed E-state index contributed by atoms with van der Waals surface area (Å²) < 4.78 is 0. The Kier molecular flexibility index (Phi) is 5.27. The topological polar surface area (TPSA) is 90.4 Å². The molecule has 0 heterocycles. The molecule has 1 unspecified atom stereocenters.